The first-order valence-corrected chi connectivity index (χ1v) is 6.07. The summed E-state index contributed by atoms with van der Waals surface area (Å²) in [5.74, 6) is -0.332. The van der Waals surface area contributed by atoms with Gasteiger partial charge in [0, 0.05) is 22.6 Å². The molecule has 94 valence electrons. The summed E-state index contributed by atoms with van der Waals surface area (Å²) in [5, 5.41) is 10.4. The van der Waals surface area contributed by atoms with Crippen LogP contribution in [0.3, 0.4) is 0 Å². The molecule has 1 aromatic carbocycles. The second-order valence-corrected chi connectivity index (χ2v) is 4.66. The predicted molar refractivity (Wildman–Crippen MR) is 67.5 cm³/mol. The molecule has 1 aliphatic rings. The number of aliphatic hydroxyl groups is 1. The molecular formula is C14H15NO3. The first kappa shape index (κ1) is 11.3. The van der Waals surface area contributed by atoms with E-state index in [1.165, 1.54) is 7.11 Å². The molecule has 1 heterocycles. The average molecular weight is 245 g/mol. The zero-order chi connectivity index (χ0) is 12.7. The van der Waals surface area contributed by atoms with Crippen molar-refractivity contribution in [3.05, 3.63) is 35.5 Å². The second kappa shape index (κ2) is 4.14. The van der Waals surface area contributed by atoms with Gasteiger partial charge >= 0.3 is 5.97 Å². The fourth-order valence-electron chi connectivity index (χ4n) is 2.42. The van der Waals surface area contributed by atoms with Crippen molar-refractivity contribution in [2.24, 2.45) is 0 Å². The molecule has 1 N–H and O–H groups in total. The van der Waals surface area contributed by atoms with Gasteiger partial charge in [-0.05, 0) is 37.1 Å². The summed E-state index contributed by atoms with van der Waals surface area (Å²) in [5.41, 5.74) is 2.53. The molecule has 4 nitrogen and oxygen atoms in total. The van der Waals surface area contributed by atoms with Gasteiger partial charge in [-0.15, -0.1) is 0 Å². The van der Waals surface area contributed by atoms with E-state index in [1.54, 1.807) is 6.07 Å². The molecule has 1 fully saturated rings. The number of aromatic nitrogens is 1. The Morgan fingerprint density at radius 1 is 1.44 bits per heavy atom. The number of carbonyl (C=O) groups excluding carboxylic acids is 1. The summed E-state index contributed by atoms with van der Waals surface area (Å²) in [7, 11) is 1.38. The smallest absolute Gasteiger partial charge is 0.337 e. The number of fused-ring (bicyclic) bond motifs is 1. The maximum atomic E-state index is 11.5. The van der Waals surface area contributed by atoms with E-state index in [-0.39, 0.29) is 12.6 Å². The Labute approximate surface area is 105 Å². The minimum atomic E-state index is -0.332. The molecule has 0 aliphatic heterocycles. The van der Waals surface area contributed by atoms with Crippen LogP contribution in [0.1, 0.15) is 34.9 Å². The standard InChI is InChI=1S/C14H15NO3/c1-18-14(17)9-2-5-13-10(6-9)7-12(8-16)15(13)11-3-4-11/h2,5-7,11,16H,3-4,8H2,1H3. The van der Waals surface area contributed by atoms with Crippen LogP contribution < -0.4 is 0 Å². The fraction of sp³-hybridized carbons (Fsp3) is 0.357. The van der Waals surface area contributed by atoms with Crippen molar-refractivity contribution in [2.75, 3.05) is 7.11 Å². The third-order valence-corrected chi connectivity index (χ3v) is 3.41. The number of hydrogen-bond donors (Lipinski definition) is 1. The van der Waals surface area contributed by atoms with Gasteiger partial charge in [-0.25, -0.2) is 4.79 Å². The van der Waals surface area contributed by atoms with Gasteiger partial charge in [0.15, 0.2) is 0 Å². The normalized spacial score (nSPS) is 15.0. The Morgan fingerprint density at radius 2 is 2.22 bits per heavy atom. The maximum Gasteiger partial charge on any atom is 0.337 e. The van der Waals surface area contributed by atoms with Crippen LogP contribution in [0.15, 0.2) is 24.3 Å². The Hall–Kier alpha value is -1.81. The minimum absolute atomic E-state index is 0.0265. The number of nitrogens with zero attached hydrogens (tertiary/aromatic N) is 1. The van der Waals surface area contributed by atoms with Gasteiger partial charge in [0.2, 0.25) is 0 Å². The lowest BCUT2D eigenvalue weighted by Crippen LogP contribution is -2.01. The monoisotopic (exact) mass is 245 g/mol. The number of carbonyl (C=O) groups is 1. The molecule has 2 aromatic rings. The van der Waals surface area contributed by atoms with Gasteiger partial charge in [0.25, 0.3) is 0 Å². The molecule has 4 heteroatoms. The largest absolute Gasteiger partial charge is 0.465 e. The first-order chi connectivity index (χ1) is 8.74. The summed E-state index contributed by atoms with van der Waals surface area (Å²) in [6, 6.07) is 7.97. The molecule has 0 saturated heterocycles. The van der Waals surface area contributed by atoms with E-state index in [4.69, 9.17) is 4.74 Å². The highest BCUT2D eigenvalue weighted by molar-refractivity contribution is 5.95. The Balaban J connectivity index is 2.15. The lowest BCUT2D eigenvalue weighted by molar-refractivity contribution is 0.0601. The number of benzene rings is 1. The summed E-state index contributed by atoms with van der Waals surface area (Å²) < 4.78 is 6.89. The van der Waals surface area contributed by atoms with Crippen molar-refractivity contribution in [3.8, 4) is 0 Å². The van der Waals surface area contributed by atoms with Gasteiger partial charge < -0.3 is 14.4 Å². The predicted octanol–water partition coefficient (Wildman–Crippen LogP) is 2.26. The third kappa shape index (κ3) is 1.69. The van der Waals surface area contributed by atoms with Gasteiger partial charge in [-0.1, -0.05) is 0 Å². The van der Waals surface area contributed by atoms with E-state index in [9.17, 15) is 9.90 Å². The quantitative estimate of drug-likeness (QED) is 0.844. The SMILES string of the molecule is COC(=O)c1ccc2c(c1)cc(CO)n2C1CC1. The van der Waals surface area contributed by atoms with Gasteiger partial charge in [-0.3, -0.25) is 0 Å². The van der Waals surface area contributed by atoms with Gasteiger partial charge in [0.05, 0.1) is 19.3 Å². The van der Waals surface area contributed by atoms with Gasteiger partial charge in [-0.2, -0.15) is 0 Å². The zero-order valence-corrected chi connectivity index (χ0v) is 10.2. The van der Waals surface area contributed by atoms with E-state index in [1.807, 2.05) is 18.2 Å². The van der Waals surface area contributed by atoms with Gasteiger partial charge in [0.1, 0.15) is 0 Å². The Bertz CT molecular complexity index is 611. The van der Waals surface area contributed by atoms with E-state index < -0.39 is 0 Å². The van der Waals surface area contributed by atoms with Crippen LogP contribution in [0.2, 0.25) is 0 Å². The van der Waals surface area contributed by atoms with Crippen molar-refractivity contribution in [1.82, 2.24) is 4.57 Å². The number of hydrogen-bond acceptors (Lipinski definition) is 3. The highest BCUT2D eigenvalue weighted by Crippen LogP contribution is 2.39. The summed E-state index contributed by atoms with van der Waals surface area (Å²) in [4.78, 5) is 11.5. The summed E-state index contributed by atoms with van der Waals surface area (Å²) in [6.45, 7) is 0.0265. The summed E-state index contributed by atoms with van der Waals surface area (Å²) >= 11 is 0. The number of aliphatic hydroxyl groups excluding tert-OH is 1. The molecule has 1 saturated carbocycles. The molecule has 1 aromatic heterocycles. The van der Waals surface area contributed by atoms with Crippen LogP contribution in [-0.4, -0.2) is 22.8 Å². The van der Waals surface area contributed by atoms with E-state index in [2.05, 4.69) is 4.57 Å². The maximum absolute atomic E-state index is 11.5. The van der Waals surface area contributed by atoms with Crippen LogP contribution in [0.5, 0.6) is 0 Å². The third-order valence-electron chi connectivity index (χ3n) is 3.41. The molecule has 0 radical (unpaired) electrons. The molecule has 0 bridgehead atoms. The Kier molecular flexibility index (Phi) is 2.59. The first-order valence-electron chi connectivity index (χ1n) is 6.07. The molecule has 1 aliphatic carbocycles. The van der Waals surface area contributed by atoms with Crippen LogP contribution >= 0.6 is 0 Å². The van der Waals surface area contributed by atoms with E-state index in [0.29, 0.717) is 11.6 Å². The van der Waals surface area contributed by atoms with Crippen molar-refractivity contribution < 1.29 is 14.6 Å². The average Bonchev–Trinajstić information content (AvgIpc) is 3.17. The molecule has 3 rings (SSSR count). The van der Waals surface area contributed by atoms with Crippen LogP contribution in [0.4, 0.5) is 0 Å². The number of esters is 1. The number of ether oxygens (including phenoxy) is 1. The Morgan fingerprint density at radius 3 is 2.83 bits per heavy atom. The highest BCUT2D eigenvalue weighted by atomic mass is 16.5. The second-order valence-electron chi connectivity index (χ2n) is 4.66. The zero-order valence-electron chi connectivity index (χ0n) is 10.2. The molecular weight excluding hydrogens is 230 g/mol. The summed E-state index contributed by atoms with van der Waals surface area (Å²) in [6.07, 6.45) is 2.32. The highest BCUT2D eigenvalue weighted by Gasteiger charge is 2.27. The number of rotatable bonds is 3. The van der Waals surface area contributed by atoms with Crippen molar-refractivity contribution in [3.63, 3.8) is 0 Å². The van der Waals surface area contributed by atoms with Crippen LogP contribution in [0, 0.1) is 0 Å². The fourth-order valence-corrected chi connectivity index (χ4v) is 2.42. The molecule has 0 unspecified atom stereocenters. The topological polar surface area (TPSA) is 51.5 Å². The molecule has 0 amide bonds. The lowest BCUT2D eigenvalue weighted by atomic mass is 10.1. The van der Waals surface area contributed by atoms with Crippen LogP contribution in [0.25, 0.3) is 10.9 Å². The van der Waals surface area contributed by atoms with Crippen LogP contribution in [-0.2, 0) is 11.3 Å². The molecule has 0 spiro atoms. The number of methoxy groups -OCH3 is 1. The van der Waals surface area contributed by atoms with Crippen molar-refractivity contribution >= 4 is 16.9 Å². The van der Waals surface area contributed by atoms with Crippen molar-refractivity contribution in [1.29, 1.82) is 0 Å². The lowest BCUT2D eigenvalue weighted by Gasteiger charge is -2.07. The minimum Gasteiger partial charge on any atom is -0.465 e. The van der Waals surface area contributed by atoms with E-state index in [0.717, 1.165) is 29.4 Å². The van der Waals surface area contributed by atoms with Crippen molar-refractivity contribution in [2.45, 2.75) is 25.5 Å². The molecule has 18 heavy (non-hydrogen) atoms. The van der Waals surface area contributed by atoms with E-state index >= 15 is 0 Å². The molecule has 0 atom stereocenters.